The molecule has 118 valence electrons. The summed E-state index contributed by atoms with van der Waals surface area (Å²) in [5.74, 6) is 0.351. The van der Waals surface area contributed by atoms with Gasteiger partial charge in [0.25, 0.3) is 0 Å². The van der Waals surface area contributed by atoms with Crippen molar-refractivity contribution in [2.24, 2.45) is 5.92 Å². The van der Waals surface area contributed by atoms with Crippen molar-refractivity contribution >= 4 is 5.69 Å². The predicted octanol–water partition coefficient (Wildman–Crippen LogP) is 3.94. The van der Waals surface area contributed by atoms with Crippen molar-refractivity contribution in [2.45, 2.75) is 44.6 Å². The van der Waals surface area contributed by atoms with E-state index in [2.05, 4.69) is 10.1 Å². The van der Waals surface area contributed by atoms with E-state index in [1.54, 1.807) is 0 Å². The van der Waals surface area contributed by atoms with Crippen molar-refractivity contribution in [1.29, 1.82) is 0 Å². The standard InChI is InChI=1S/C15H20F3NO2/c16-15(17,18)21-14-7-5-12(6-8-14)19-10-13(20)9-11-3-1-2-4-11/h5-8,11,13,19-20H,1-4,9-10H2. The first-order valence-corrected chi connectivity index (χ1v) is 7.20. The van der Waals surface area contributed by atoms with Crippen LogP contribution >= 0.6 is 0 Å². The van der Waals surface area contributed by atoms with E-state index in [1.807, 2.05) is 0 Å². The fraction of sp³-hybridized carbons (Fsp3) is 0.600. The van der Waals surface area contributed by atoms with E-state index in [1.165, 1.54) is 49.9 Å². The van der Waals surface area contributed by atoms with E-state index in [0.29, 0.717) is 18.2 Å². The molecule has 0 spiro atoms. The van der Waals surface area contributed by atoms with Crippen LogP contribution < -0.4 is 10.1 Å². The highest BCUT2D eigenvalue weighted by atomic mass is 19.4. The van der Waals surface area contributed by atoms with Crippen molar-refractivity contribution in [3.63, 3.8) is 0 Å². The van der Waals surface area contributed by atoms with Gasteiger partial charge in [0, 0.05) is 12.2 Å². The number of ether oxygens (including phenoxy) is 1. The zero-order valence-corrected chi connectivity index (χ0v) is 11.7. The first-order valence-electron chi connectivity index (χ1n) is 7.20. The Morgan fingerprint density at radius 2 is 1.81 bits per heavy atom. The Hall–Kier alpha value is -1.43. The maximum Gasteiger partial charge on any atom is 0.573 e. The molecule has 2 rings (SSSR count). The van der Waals surface area contributed by atoms with Crippen LogP contribution in [0.5, 0.6) is 5.75 Å². The number of benzene rings is 1. The lowest BCUT2D eigenvalue weighted by atomic mass is 10.00. The van der Waals surface area contributed by atoms with Crippen LogP contribution in [-0.2, 0) is 0 Å². The third-order valence-electron chi connectivity index (χ3n) is 3.71. The smallest absolute Gasteiger partial charge is 0.406 e. The molecule has 1 unspecified atom stereocenters. The minimum atomic E-state index is -4.67. The van der Waals surface area contributed by atoms with Crippen LogP contribution in [0.25, 0.3) is 0 Å². The number of aliphatic hydroxyl groups is 1. The monoisotopic (exact) mass is 303 g/mol. The van der Waals surface area contributed by atoms with Gasteiger partial charge in [-0.25, -0.2) is 0 Å². The molecule has 1 saturated carbocycles. The number of halogens is 3. The summed E-state index contributed by atoms with van der Waals surface area (Å²) in [7, 11) is 0. The van der Waals surface area contributed by atoms with Crippen molar-refractivity contribution in [2.75, 3.05) is 11.9 Å². The van der Waals surface area contributed by atoms with Gasteiger partial charge >= 0.3 is 6.36 Å². The van der Waals surface area contributed by atoms with Crippen LogP contribution in [0.15, 0.2) is 24.3 Å². The zero-order valence-electron chi connectivity index (χ0n) is 11.7. The molecule has 1 aliphatic rings. The summed E-state index contributed by atoms with van der Waals surface area (Å²) >= 11 is 0. The average Bonchev–Trinajstić information content (AvgIpc) is 2.89. The molecule has 1 atom stereocenters. The molecule has 0 heterocycles. The van der Waals surface area contributed by atoms with Crippen molar-refractivity contribution < 1.29 is 23.0 Å². The van der Waals surface area contributed by atoms with Gasteiger partial charge in [-0.15, -0.1) is 13.2 Å². The summed E-state index contributed by atoms with van der Waals surface area (Å²) in [6.07, 6.45) is 0.520. The average molecular weight is 303 g/mol. The molecule has 3 nitrogen and oxygen atoms in total. The highest BCUT2D eigenvalue weighted by Gasteiger charge is 2.30. The largest absolute Gasteiger partial charge is 0.573 e. The first kappa shape index (κ1) is 15.9. The third kappa shape index (κ3) is 5.83. The number of alkyl halides is 3. The topological polar surface area (TPSA) is 41.5 Å². The minimum Gasteiger partial charge on any atom is -0.406 e. The Morgan fingerprint density at radius 3 is 2.38 bits per heavy atom. The fourth-order valence-electron chi connectivity index (χ4n) is 2.72. The van der Waals surface area contributed by atoms with Gasteiger partial charge in [-0.2, -0.15) is 0 Å². The molecule has 21 heavy (non-hydrogen) atoms. The van der Waals surface area contributed by atoms with Crippen LogP contribution in [0.3, 0.4) is 0 Å². The SMILES string of the molecule is OC(CNc1ccc(OC(F)(F)F)cc1)CC1CCCC1. The first-order chi connectivity index (χ1) is 9.92. The fourth-order valence-corrected chi connectivity index (χ4v) is 2.72. The Labute approximate surface area is 122 Å². The van der Waals surface area contributed by atoms with Crippen LogP contribution in [0.2, 0.25) is 0 Å². The molecule has 1 aromatic rings. The molecular weight excluding hydrogens is 283 g/mol. The minimum absolute atomic E-state index is 0.250. The van der Waals surface area contributed by atoms with Crippen LogP contribution in [0, 0.1) is 5.92 Å². The summed E-state index contributed by atoms with van der Waals surface area (Å²) in [6, 6.07) is 5.51. The molecule has 6 heteroatoms. The lowest BCUT2D eigenvalue weighted by Crippen LogP contribution is -2.22. The van der Waals surface area contributed by atoms with E-state index in [9.17, 15) is 18.3 Å². The van der Waals surface area contributed by atoms with Crippen LogP contribution in [-0.4, -0.2) is 24.1 Å². The van der Waals surface area contributed by atoms with Gasteiger partial charge in [-0.05, 0) is 36.6 Å². The van der Waals surface area contributed by atoms with Gasteiger partial charge in [0.05, 0.1) is 6.10 Å². The van der Waals surface area contributed by atoms with Gasteiger partial charge in [0.1, 0.15) is 5.75 Å². The highest BCUT2D eigenvalue weighted by molar-refractivity contribution is 5.46. The molecule has 0 aliphatic heterocycles. The molecule has 0 saturated heterocycles. The summed E-state index contributed by atoms with van der Waals surface area (Å²) in [5.41, 5.74) is 0.662. The predicted molar refractivity (Wildman–Crippen MR) is 74.2 cm³/mol. The normalized spacial score (nSPS) is 17.7. The van der Waals surface area contributed by atoms with Gasteiger partial charge in [0.15, 0.2) is 0 Å². The molecule has 1 aromatic carbocycles. The highest BCUT2D eigenvalue weighted by Crippen LogP contribution is 2.28. The second kappa shape index (κ2) is 7.02. The van der Waals surface area contributed by atoms with Crippen molar-refractivity contribution in [1.82, 2.24) is 0 Å². The van der Waals surface area contributed by atoms with Crippen molar-refractivity contribution in [3.05, 3.63) is 24.3 Å². The zero-order chi connectivity index (χ0) is 15.3. The van der Waals surface area contributed by atoms with Gasteiger partial charge in [0.2, 0.25) is 0 Å². The summed E-state index contributed by atoms with van der Waals surface area (Å²) < 4.78 is 39.8. The Kier molecular flexibility index (Phi) is 5.33. The molecule has 0 amide bonds. The van der Waals surface area contributed by atoms with E-state index in [0.717, 1.165) is 6.42 Å². The number of hydrogen-bond acceptors (Lipinski definition) is 3. The molecule has 1 fully saturated rings. The third-order valence-corrected chi connectivity index (χ3v) is 3.71. The lowest BCUT2D eigenvalue weighted by Gasteiger charge is -2.17. The maximum atomic E-state index is 12.0. The Balaban J connectivity index is 1.75. The number of hydrogen-bond donors (Lipinski definition) is 2. The molecular formula is C15H20F3NO2. The van der Waals surface area contributed by atoms with Gasteiger partial charge in [-0.1, -0.05) is 25.7 Å². The molecule has 0 bridgehead atoms. The Morgan fingerprint density at radius 1 is 1.19 bits per heavy atom. The molecule has 2 N–H and O–H groups in total. The van der Waals surface area contributed by atoms with Crippen LogP contribution in [0.4, 0.5) is 18.9 Å². The molecule has 0 radical (unpaired) electrons. The second-order valence-electron chi connectivity index (χ2n) is 5.49. The number of aliphatic hydroxyl groups excluding tert-OH is 1. The van der Waals surface area contributed by atoms with E-state index < -0.39 is 12.5 Å². The lowest BCUT2D eigenvalue weighted by molar-refractivity contribution is -0.274. The summed E-state index contributed by atoms with van der Waals surface area (Å²) in [4.78, 5) is 0. The summed E-state index contributed by atoms with van der Waals surface area (Å²) in [5, 5.41) is 13.0. The molecule has 1 aliphatic carbocycles. The number of anilines is 1. The molecule has 0 aromatic heterocycles. The van der Waals surface area contributed by atoms with E-state index in [-0.39, 0.29) is 5.75 Å². The van der Waals surface area contributed by atoms with E-state index >= 15 is 0 Å². The van der Waals surface area contributed by atoms with Gasteiger partial charge in [-0.3, -0.25) is 0 Å². The quantitative estimate of drug-likeness (QED) is 0.836. The number of rotatable bonds is 6. The Bertz CT molecular complexity index is 428. The van der Waals surface area contributed by atoms with Crippen molar-refractivity contribution in [3.8, 4) is 5.75 Å². The summed E-state index contributed by atoms with van der Waals surface area (Å²) in [6.45, 7) is 0.399. The van der Waals surface area contributed by atoms with E-state index in [4.69, 9.17) is 0 Å². The maximum absolute atomic E-state index is 12.0. The van der Waals surface area contributed by atoms with Gasteiger partial charge < -0.3 is 15.2 Å². The number of nitrogens with one attached hydrogen (secondary N) is 1. The van der Waals surface area contributed by atoms with Crippen LogP contribution in [0.1, 0.15) is 32.1 Å². The second-order valence-corrected chi connectivity index (χ2v) is 5.49.